The molecule has 10 heteroatoms. The molecule has 0 spiro atoms. The average Bonchev–Trinajstić information content (AvgIpc) is 3.18. The largest absolute Gasteiger partial charge is 0.491 e. The predicted octanol–water partition coefficient (Wildman–Crippen LogP) is 3.98. The molecule has 1 fully saturated rings. The molecule has 4 heterocycles. The van der Waals surface area contributed by atoms with Crippen LogP contribution in [0.1, 0.15) is 41.7 Å². The number of aryl methyl sites for hydroxylation is 1. The van der Waals surface area contributed by atoms with Gasteiger partial charge in [-0.05, 0) is 57.9 Å². The van der Waals surface area contributed by atoms with E-state index in [1.807, 2.05) is 39.8 Å². The van der Waals surface area contributed by atoms with Gasteiger partial charge >= 0.3 is 6.09 Å². The van der Waals surface area contributed by atoms with E-state index in [1.54, 1.807) is 4.90 Å². The molecule has 2 aliphatic heterocycles. The fourth-order valence-electron chi connectivity index (χ4n) is 4.63. The molecular weight excluding hydrogens is 490 g/mol. The van der Waals surface area contributed by atoms with E-state index < -0.39 is 5.60 Å². The number of amides is 2. The highest BCUT2D eigenvalue weighted by Gasteiger charge is 2.28. The van der Waals surface area contributed by atoms with Crippen molar-refractivity contribution in [2.45, 2.75) is 45.8 Å². The van der Waals surface area contributed by atoms with E-state index in [2.05, 4.69) is 33.4 Å². The maximum absolute atomic E-state index is 13.0. The topological polar surface area (TPSA) is 110 Å². The van der Waals surface area contributed by atoms with Gasteiger partial charge in [0.05, 0.1) is 11.7 Å². The molecule has 0 radical (unpaired) electrons. The summed E-state index contributed by atoms with van der Waals surface area (Å²) >= 11 is 1.32. The lowest BCUT2D eigenvalue weighted by atomic mass is 10.0. The van der Waals surface area contributed by atoms with Gasteiger partial charge in [0.2, 0.25) is 0 Å². The van der Waals surface area contributed by atoms with Crippen molar-refractivity contribution in [1.82, 2.24) is 15.2 Å². The SMILES string of the molecule is Cc1ccc2c(N)c(C(=O)N[C@@H]3COc4cc(N5CCN(C(=O)OC(C)(C)C)CC5)ccc4C3)sc2n1. The number of rotatable bonds is 3. The van der Waals surface area contributed by atoms with Crippen molar-refractivity contribution in [3.05, 3.63) is 46.5 Å². The average molecular weight is 524 g/mol. The van der Waals surface area contributed by atoms with Crippen LogP contribution in [-0.4, -0.2) is 66.3 Å². The van der Waals surface area contributed by atoms with Crippen LogP contribution >= 0.6 is 11.3 Å². The highest BCUT2D eigenvalue weighted by molar-refractivity contribution is 7.21. The van der Waals surface area contributed by atoms with Crippen LogP contribution in [0.25, 0.3) is 10.2 Å². The third-order valence-corrected chi connectivity index (χ3v) is 7.64. The number of nitrogens with one attached hydrogen (secondary N) is 1. The number of hydrogen-bond acceptors (Lipinski definition) is 8. The number of piperazine rings is 1. The minimum atomic E-state index is -0.498. The van der Waals surface area contributed by atoms with Crippen LogP contribution in [0.4, 0.5) is 16.2 Å². The van der Waals surface area contributed by atoms with Gasteiger partial charge in [-0.1, -0.05) is 6.07 Å². The number of pyridine rings is 1. The number of benzene rings is 1. The summed E-state index contributed by atoms with van der Waals surface area (Å²) in [5.74, 6) is 0.633. The number of fused-ring (bicyclic) bond motifs is 2. The Morgan fingerprint density at radius 2 is 1.92 bits per heavy atom. The Hall–Kier alpha value is -3.53. The molecule has 0 unspecified atom stereocenters. The van der Waals surface area contributed by atoms with Crippen molar-refractivity contribution >= 4 is 44.9 Å². The molecule has 2 aliphatic rings. The zero-order chi connectivity index (χ0) is 26.3. The quantitative estimate of drug-likeness (QED) is 0.534. The minimum absolute atomic E-state index is 0.150. The van der Waals surface area contributed by atoms with Crippen LogP contribution in [-0.2, 0) is 11.2 Å². The van der Waals surface area contributed by atoms with Gasteiger partial charge in [0.1, 0.15) is 27.7 Å². The number of thiophene rings is 1. The van der Waals surface area contributed by atoms with E-state index in [9.17, 15) is 9.59 Å². The summed E-state index contributed by atoms with van der Waals surface area (Å²) in [7, 11) is 0. The Morgan fingerprint density at radius 1 is 1.16 bits per heavy atom. The van der Waals surface area contributed by atoms with Gasteiger partial charge in [-0.15, -0.1) is 11.3 Å². The molecule has 1 saturated heterocycles. The van der Waals surface area contributed by atoms with Crippen molar-refractivity contribution in [3.8, 4) is 5.75 Å². The van der Waals surface area contributed by atoms with Crippen molar-refractivity contribution < 1.29 is 19.1 Å². The van der Waals surface area contributed by atoms with Gasteiger partial charge < -0.3 is 30.3 Å². The molecule has 37 heavy (non-hydrogen) atoms. The molecule has 3 aromatic rings. The van der Waals surface area contributed by atoms with E-state index in [0.29, 0.717) is 36.7 Å². The maximum atomic E-state index is 13.0. The van der Waals surface area contributed by atoms with Gasteiger partial charge in [0.15, 0.2) is 0 Å². The standard InChI is InChI=1S/C27H33N5O4S/c1-16-5-8-20-22(28)23(37-25(20)29-16)24(33)30-18-13-17-6-7-19(14-21(17)35-15-18)31-9-11-32(12-10-31)26(34)36-27(2,3)4/h5-8,14,18H,9-13,15,28H2,1-4H3,(H,30,33)/t18-/m0/s1. The van der Waals surface area contributed by atoms with E-state index >= 15 is 0 Å². The lowest BCUT2D eigenvalue weighted by Crippen LogP contribution is -2.50. The molecule has 0 saturated carbocycles. The van der Waals surface area contributed by atoms with E-state index in [0.717, 1.165) is 46.0 Å². The number of carbonyl (C=O) groups excluding carboxylic acids is 2. The molecule has 3 N–H and O–H groups in total. The summed E-state index contributed by atoms with van der Waals surface area (Å²) in [6.45, 7) is 10.6. The van der Waals surface area contributed by atoms with Gasteiger partial charge in [-0.3, -0.25) is 4.79 Å². The normalized spacial score (nSPS) is 17.8. The van der Waals surface area contributed by atoms with Crippen molar-refractivity contribution in [2.75, 3.05) is 43.4 Å². The fourth-order valence-corrected chi connectivity index (χ4v) is 5.68. The molecule has 1 atom stereocenters. The third kappa shape index (κ3) is 5.44. The van der Waals surface area contributed by atoms with Crippen LogP contribution in [0.2, 0.25) is 0 Å². The van der Waals surface area contributed by atoms with E-state index in [1.165, 1.54) is 11.3 Å². The Balaban J connectivity index is 1.19. The Morgan fingerprint density at radius 3 is 2.65 bits per heavy atom. The molecule has 9 nitrogen and oxygen atoms in total. The highest BCUT2D eigenvalue weighted by atomic mass is 32.1. The van der Waals surface area contributed by atoms with Gasteiger partial charge in [-0.2, -0.15) is 0 Å². The van der Waals surface area contributed by atoms with Crippen LogP contribution in [0.3, 0.4) is 0 Å². The lowest BCUT2D eigenvalue weighted by molar-refractivity contribution is 0.0240. The number of hydrogen-bond donors (Lipinski definition) is 2. The number of nitrogen functional groups attached to an aromatic ring is 1. The van der Waals surface area contributed by atoms with Crippen LogP contribution < -0.4 is 20.7 Å². The molecule has 5 rings (SSSR count). The van der Waals surface area contributed by atoms with Gasteiger partial charge in [0, 0.05) is 49.0 Å². The minimum Gasteiger partial charge on any atom is -0.491 e. The first-order valence-corrected chi connectivity index (χ1v) is 13.3. The number of aromatic nitrogens is 1. The van der Waals surface area contributed by atoms with E-state index in [-0.39, 0.29) is 18.0 Å². The second kappa shape index (κ2) is 9.74. The second-order valence-corrected chi connectivity index (χ2v) is 11.6. The van der Waals surface area contributed by atoms with Gasteiger partial charge in [-0.25, -0.2) is 9.78 Å². The maximum Gasteiger partial charge on any atom is 0.410 e. The van der Waals surface area contributed by atoms with Crippen molar-refractivity contribution in [3.63, 3.8) is 0 Å². The molecule has 1 aromatic carbocycles. The number of nitrogens with zero attached hydrogens (tertiary/aromatic N) is 3. The predicted molar refractivity (Wildman–Crippen MR) is 146 cm³/mol. The summed E-state index contributed by atoms with van der Waals surface area (Å²) in [6, 6.07) is 9.84. The van der Waals surface area contributed by atoms with Crippen molar-refractivity contribution in [2.24, 2.45) is 0 Å². The van der Waals surface area contributed by atoms with Crippen LogP contribution in [0.5, 0.6) is 5.75 Å². The van der Waals surface area contributed by atoms with Crippen LogP contribution in [0.15, 0.2) is 30.3 Å². The fraction of sp³-hybridized carbons (Fsp3) is 0.444. The van der Waals surface area contributed by atoms with E-state index in [4.69, 9.17) is 15.2 Å². The number of anilines is 2. The zero-order valence-corrected chi connectivity index (χ0v) is 22.5. The molecule has 2 aromatic heterocycles. The highest BCUT2D eigenvalue weighted by Crippen LogP contribution is 2.34. The Bertz CT molecular complexity index is 1340. The number of nitrogens with two attached hydrogens (primary N) is 1. The molecular formula is C27H33N5O4S. The summed E-state index contributed by atoms with van der Waals surface area (Å²) < 4.78 is 11.6. The summed E-state index contributed by atoms with van der Waals surface area (Å²) in [5.41, 5.74) is 9.23. The smallest absolute Gasteiger partial charge is 0.410 e. The summed E-state index contributed by atoms with van der Waals surface area (Å²) in [6.07, 6.45) is 0.411. The molecule has 0 aliphatic carbocycles. The third-order valence-electron chi connectivity index (χ3n) is 6.53. The van der Waals surface area contributed by atoms with Gasteiger partial charge in [0.25, 0.3) is 5.91 Å². The Labute approximate surface area is 220 Å². The molecule has 0 bridgehead atoms. The van der Waals surface area contributed by atoms with Crippen molar-refractivity contribution in [1.29, 1.82) is 0 Å². The molecule has 2 amide bonds. The summed E-state index contributed by atoms with van der Waals surface area (Å²) in [5, 5.41) is 3.89. The first kappa shape index (κ1) is 25.1. The summed E-state index contributed by atoms with van der Waals surface area (Å²) in [4.78, 5) is 35.1. The lowest BCUT2D eigenvalue weighted by Gasteiger charge is -2.37. The Kier molecular flexibility index (Phi) is 6.61. The van der Waals surface area contributed by atoms with Crippen LogP contribution in [0, 0.1) is 6.92 Å². The second-order valence-electron chi connectivity index (χ2n) is 10.6. The first-order valence-electron chi connectivity index (χ1n) is 12.5. The first-order chi connectivity index (χ1) is 17.6. The monoisotopic (exact) mass is 523 g/mol. The zero-order valence-electron chi connectivity index (χ0n) is 21.7. The number of ether oxygens (including phenoxy) is 2. The molecule has 196 valence electrons. The number of carbonyl (C=O) groups is 2.